The summed E-state index contributed by atoms with van der Waals surface area (Å²) in [5.74, 6) is 0.355. The van der Waals surface area contributed by atoms with Crippen LogP contribution in [0.25, 0.3) is 0 Å². The number of carbonyl (C=O) groups excluding carboxylic acids is 2. The molecular weight excluding hydrogens is 364 g/mol. The molecule has 2 rings (SSSR count). The van der Waals surface area contributed by atoms with Gasteiger partial charge in [0.05, 0.1) is 7.11 Å². The highest BCUT2D eigenvalue weighted by Crippen LogP contribution is 2.23. The molecule has 0 spiro atoms. The van der Waals surface area contributed by atoms with Crippen LogP contribution in [0, 0.1) is 5.41 Å². The van der Waals surface area contributed by atoms with E-state index in [-0.39, 0.29) is 17.9 Å². The molecule has 0 saturated carbocycles. The number of methoxy groups -OCH3 is 1. The first-order valence-electron chi connectivity index (χ1n) is 10.0. The van der Waals surface area contributed by atoms with Gasteiger partial charge >= 0.3 is 0 Å². The third-order valence-corrected chi connectivity index (χ3v) is 5.05. The molecule has 1 N–H and O–H groups in total. The van der Waals surface area contributed by atoms with Gasteiger partial charge in [-0.3, -0.25) is 9.59 Å². The molecule has 5 nitrogen and oxygen atoms in total. The Morgan fingerprint density at radius 2 is 1.66 bits per heavy atom. The normalized spacial score (nSPS) is 11.2. The second-order valence-corrected chi connectivity index (χ2v) is 7.96. The van der Waals surface area contributed by atoms with Gasteiger partial charge < -0.3 is 15.0 Å². The zero-order valence-electron chi connectivity index (χ0n) is 18.1. The molecule has 0 saturated heterocycles. The van der Waals surface area contributed by atoms with Crippen LogP contribution in [0.3, 0.4) is 0 Å². The van der Waals surface area contributed by atoms with E-state index in [0.717, 1.165) is 16.9 Å². The van der Waals surface area contributed by atoms with Gasteiger partial charge in [-0.15, -0.1) is 0 Å². The second-order valence-electron chi connectivity index (χ2n) is 7.96. The monoisotopic (exact) mass is 396 g/mol. The van der Waals surface area contributed by atoms with Crippen molar-refractivity contribution in [2.24, 2.45) is 5.41 Å². The van der Waals surface area contributed by atoms with Crippen LogP contribution in [0.4, 0.5) is 0 Å². The van der Waals surface area contributed by atoms with Crippen molar-refractivity contribution >= 4 is 11.8 Å². The Morgan fingerprint density at radius 3 is 2.28 bits per heavy atom. The van der Waals surface area contributed by atoms with Crippen LogP contribution in [-0.2, 0) is 22.6 Å². The first kappa shape index (κ1) is 22.5. The number of nitrogens with zero attached hydrogens (tertiary/aromatic N) is 1. The fraction of sp³-hybridized carbons (Fsp3) is 0.417. The fourth-order valence-corrected chi connectivity index (χ4v) is 3.17. The van der Waals surface area contributed by atoms with Gasteiger partial charge in [0.2, 0.25) is 11.8 Å². The molecule has 0 atom stereocenters. The molecule has 2 amide bonds. The van der Waals surface area contributed by atoms with Gasteiger partial charge in [-0.2, -0.15) is 0 Å². The maximum Gasteiger partial charge on any atom is 0.238 e. The number of nitrogens with one attached hydrogen (secondary N) is 1. The number of ether oxygens (including phenoxy) is 1. The summed E-state index contributed by atoms with van der Waals surface area (Å²) >= 11 is 0. The van der Waals surface area contributed by atoms with Gasteiger partial charge in [-0.25, -0.2) is 0 Å². The van der Waals surface area contributed by atoms with E-state index >= 15 is 0 Å². The third-order valence-electron chi connectivity index (χ3n) is 5.05. The molecule has 0 bridgehead atoms. The third kappa shape index (κ3) is 5.83. The zero-order valence-corrected chi connectivity index (χ0v) is 18.1. The highest BCUT2D eigenvalue weighted by atomic mass is 16.5. The summed E-state index contributed by atoms with van der Waals surface area (Å²) in [6.07, 6.45) is 0.637. The van der Waals surface area contributed by atoms with E-state index in [1.807, 2.05) is 68.4 Å². The van der Waals surface area contributed by atoms with Crippen LogP contribution < -0.4 is 10.1 Å². The maximum atomic E-state index is 13.2. The number of hydrogen-bond donors (Lipinski definition) is 1. The van der Waals surface area contributed by atoms with E-state index in [0.29, 0.717) is 19.5 Å². The van der Waals surface area contributed by atoms with Gasteiger partial charge in [-0.05, 0) is 51.3 Å². The van der Waals surface area contributed by atoms with Crippen molar-refractivity contribution in [3.05, 3.63) is 65.7 Å². The summed E-state index contributed by atoms with van der Waals surface area (Å²) in [5.41, 5.74) is 0.911. The first-order valence-corrected chi connectivity index (χ1v) is 10.0. The molecule has 0 heterocycles. The van der Waals surface area contributed by atoms with Crippen molar-refractivity contribution in [3.63, 3.8) is 0 Å². The van der Waals surface area contributed by atoms with Crippen LogP contribution in [0.2, 0.25) is 0 Å². The van der Waals surface area contributed by atoms with E-state index in [2.05, 4.69) is 5.32 Å². The lowest BCUT2D eigenvalue weighted by Gasteiger charge is -2.34. The molecule has 0 aliphatic heterocycles. The zero-order chi connectivity index (χ0) is 21.4. The minimum atomic E-state index is -1.15. The molecule has 0 aliphatic rings. The molecule has 2 aromatic rings. The van der Waals surface area contributed by atoms with Gasteiger partial charge in [0, 0.05) is 19.1 Å². The summed E-state index contributed by atoms with van der Waals surface area (Å²) in [7, 11) is 1.63. The highest BCUT2D eigenvalue weighted by Gasteiger charge is 2.39. The Bertz CT molecular complexity index is 816. The topological polar surface area (TPSA) is 58.6 Å². The minimum absolute atomic E-state index is 0.0108. The number of rotatable bonds is 9. The molecule has 0 unspecified atom stereocenters. The van der Waals surface area contributed by atoms with E-state index < -0.39 is 5.41 Å². The molecule has 0 radical (unpaired) electrons. The summed E-state index contributed by atoms with van der Waals surface area (Å²) in [6.45, 7) is 8.24. The SMILES string of the molecule is COc1ccccc1CCNC(=O)C(C)(C)C(=O)N(Cc1ccccc1)C(C)C. The van der Waals surface area contributed by atoms with Crippen molar-refractivity contribution in [1.29, 1.82) is 0 Å². The Kier molecular flexibility index (Phi) is 7.82. The van der Waals surface area contributed by atoms with Crippen LogP contribution in [0.1, 0.15) is 38.8 Å². The molecule has 5 heteroatoms. The molecular formula is C24H32N2O3. The van der Waals surface area contributed by atoms with E-state index in [4.69, 9.17) is 4.74 Å². The van der Waals surface area contributed by atoms with Gasteiger partial charge in [-0.1, -0.05) is 48.5 Å². The molecule has 2 aromatic carbocycles. The second kappa shape index (κ2) is 10.1. The Labute approximate surface area is 174 Å². The van der Waals surface area contributed by atoms with Gasteiger partial charge in [0.1, 0.15) is 11.2 Å². The van der Waals surface area contributed by atoms with Crippen LogP contribution in [0.15, 0.2) is 54.6 Å². The predicted molar refractivity (Wildman–Crippen MR) is 116 cm³/mol. The van der Waals surface area contributed by atoms with Crippen molar-refractivity contribution in [2.75, 3.05) is 13.7 Å². The first-order chi connectivity index (χ1) is 13.8. The smallest absolute Gasteiger partial charge is 0.238 e. The number of benzene rings is 2. The lowest BCUT2D eigenvalue weighted by molar-refractivity contribution is -0.150. The standard InChI is InChI=1S/C24H32N2O3/c1-18(2)26(17-19-11-7-6-8-12-19)23(28)24(3,4)22(27)25-16-15-20-13-9-10-14-21(20)29-5/h6-14,18H,15-17H2,1-5H3,(H,25,27). The van der Waals surface area contributed by atoms with Crippen molar-refractivity contribution < 1.29 is 14.3 Å². The molecule has 156 valence electrons. The Morgan fingerprint density at radius 1 is 1.03 bits per heavy atom. The largest absolute Gasteiger partial charge is 0.496 e. The van der Waals surface area contributed by atoms with E-state index in [1.165, 1.54) is 0 Å². The van der Waals surface area contributed by atoms with Gasteiger partial charge in [0.25, 0.3) is 0 Å². The number of hydrogen-bond acceptors (Lipinski definition) is 3. The van der Waals surface area contributed by atoms with Crippen molar-refractivity contribution in [3.8, 4) is 5.75 Å². The predicted octanol–water partition coefficient (Wildman–Crippen LogP) is 3.82. The molecule has 0 aliphatic carbocycles. The minimum Gasteiger partial charge on any atom is -0.496 e. The average Bonchev–Trinajstić information content (AvgIpc) is 2.72. The maximum absolute atomic E-state index is 13.2. The summed E-state index contributed by atoms with van der Waals surface area (Å²) in [5, 5.41) is 2.92. The van der Waals surface area contributed by atoms with E-state index in [9.17, 15) is 9.59 Å². The Hall–Kier alpha value is -2.82. The lowest BCUT2D eigenvalue weighted by atomic mass is 9.89. The quantitative estimate of drug-likeness (QED) is 0.656. The highest BCUT2D eigenvalue weighted by molar-refractivity contribution is 6.04. The van der Waals surface area contributed by atoms with Crippen molar-refractivity contribution in [2.45, 2.75) is 46.7 Å². The number of para-hydroxylation sites is 1. The Balaban J connectivity index is 2.02. The average molecular weight is 397 g/mol. The summed E-state index contributed by atoms with van der Waals surface area (Å²) in [4.78, 5) is 27.8. The van der Waals surface area contributed by atoms with Crippen molar-refractivity contribution in [1.82, 2.24) is 10.2 Å². The number of amides is 2. The molecule has 0 aromatic heterocycles. The molecule has 0 fully saturated rings. The van der Waals surface area contributed by atoms with Gasteiger partial charge in [0.15, 0.2) is 0 Å². The van der Waals surface area contributed by atoms with Crippen LogP contribution in [0.5, 0.6) is 5.75 Å². The van der Waals surface area contributed by atoms with Crippen LogP contribution >= 0.6 is 0 Å². The molecule has 29 heavy (non-hydrogen) atoms. The summed E-state index contributed by atoms with van der Waals surface area (Å²) < 4.78 is 5.35. The van der Waals surface area contributed by atoms with E-state index in [1.54, 1.807) is 25.9 Å². The summed E-state index contributed by atoms with van der Waals surface area (Å²) in [6, 6.07) is 17.5. The lowest BCUT2D eigenvalue weighted by Crippen LogP contribution is -2.51. The fourth-order valence-electron chi connectivity index (χ4n) is 3.17. The number of carbonyl (C=O) groups is 2. The van der Waals surface area contributed by atoms with Crippen LogP contribution in [-0.4, -0.2) is 36.4 Å².